The summed E-state index contributed by atoms with van der Waals surface area (Å²) < 4.78 is 0. The number of aryl methyl sites for hydroxylation is 2. The van der Waals surface area contributed by atoms with E-state index in [0.717, 1.165) is 41.0 Å². The molecule has 3 heterocycles. The van der Waals surface area contributed by atoms with E-state index in [1.54, 1.807) is 30.7 Å². The lowest BCUT2D eigenvalue weighted by molar-refractivity contribution is 0.102. The zero-order chi connectivity index (χ0) is 21.9. The maximum Gasteiger partial charge on any atom is 0.255 e. The zero-order valence-electron chi connectivity index (χ0n) is 17.0. The molecule has 4 aromatic rings. The maximum atomic E-state index is 12.7. The van der Waals surface area contributed by atoms with Crippen molar-refractivity contribution in [2.75, 3.05) is 16.0 Å². The Morgan fingerprint density at radius 3 is 2.69 bits per heavy atom. The lowest BCUT2D eigenvalue weighted by atomic mass is 10.0. The summed E-state index contributed by atoms with van der Waals surface area (Å²) >= 11 is 6.32. The van der Waals surface area contributed by atoms with E-state index in [9.17, 15) is 4.79 Å². The average molecular weight is 443 g/mol. The Morgan fingerprint density at radius 1 is 0.969 bits per heavy atom. The third-order valence-corrected chi connectivity index (χ3v) is 5.45. The minimum atomic E-state index is -0.179. The largest absolute Gasteiger partial charge is 0.339 e. The van der Waals surface area contributed by atoms with Gasteiger partial charge in [-0.2, -0.15) is 4.98 Å². The van der Waals surface area contributed by atoms with Gasteiger partial charge >= 0.3 is 0 Å². The van der Waals surface area contributed by atoms with Gasteiger partial charge in [0, 0.05) is 35.0 Å². The number of amides is 1. The molecule has 158 valence electrons. The van der Waals surface area contributed by atoms with Crippen molar-refractivity contribution in [1.29, 1.82) is 0 Å². The van der Waals surface area contributed by atoms with Crippen LogP contribution in [-0.2, 0) is 12.8 Å². The van der Waals surface area contributed by atoms with E-state index < -0.39 is 0 Å². The van der Waals surface area contributed by atoms with Crippen LogP contribution in [0.25, 0.3) is 0 Å². The summed E-state index contributed by atoms with van der Waals surface area (Å²) in [5, 5.41) is 9.94. The summed E-state index contributed by atoms with van der Waals surface area (Å²) in [6.07, 6.45) is 6.31. The fraction of sp³-hybridized carbons (Fsp3) is 0.0833. The molecule has 3 N–H and O–H groups in total. The first kappa shape index (κ1) is 20.0. The molecule has 0 saturated heterocycles. The Balaban J connectivity index is 1.53. The molecule has 6 bridgehead atoms. The lowest BCUT2D eigenvalue weighted by Gasteiger charge is -2.14. The quantitative estimate of drug-likeness (QED) is 0.387. The van der Waals surface area contributed by atoms with Gasteiger partial charge in [-0.05, 0) is 66.4 Å². The number of anilines is 5. The predicted octanol–water partition coefficient (Wildman–Crippen LogP) is 5.36. The van der Waals surface area contributed by atoms with E-state index in [2.05, 4.69) is 43.0 Å². The number of hydrogen-bond donors (Lipinski definition) is 3. The Kier molecular flexibility index (Phi) is 5.39. The van der Waals surface area contributed by atoms with Crippen LogP contribution in [-0.4, -0.2) is 20.9 Å². The standard InChI is InChI=1S/C24H19ClN6O/c25-20-14-27-24-29-18-3-1-2-15(12-18)4-5-17-13-19(28-22(20)31-24)6-7-21(17)30-23(32)16-8-10-26-11-9-16/h1-3,6-14H,4-5H2,(H,30,32)(H2,27,28,29,31). The van der Waals surface area contributed by atoms with Crippen LogP contribution in [0.4, 0.5) is 28.8 Å². The zero-order valence-corrected chi connectivity index (χ0v) is 17.7. The molecule has 2 aromatic heterocycles. The molecule has 2 aromatic carbocycles. The first-order valence-electron chi connectivity index (χ1n) is 10.1. The summed E-state index contributed by atoms with van der Waals surface area (Å²) in [7, 11) is 0. The van der Waals surface area contributed by atoms with Crippen LogP contribution in [0.2, 0.25) is 5.02 Å². The van der Waals surface area contributed by atoms with Crippen LogP contribution in [0, 0.1) is 0 Å². The minimum Gasteiger partial charge on any atom is -0.339 e. The van der Waals surface area contributed by atoms with Crippen molar-refractivity contribution < 1.29 is 4.79 Å². The number of carbonyl (C=O) groups is 1. The molecular formula is C24H19ClN6O. The first-order valence-corrected chi connectivity index (χ1v) is 10.5. The van der Waals surface area contributed by atoms with E-state index >= 15 is 0 Å². The summed E-state index contributed by atoms with van der Waals surface area (Å²) in [4.78, 5) is 25.5. The number of fused-ring (bicyclic) bond motifs is 6. The van der Waals surface area contributed by atoms with E-state index in [1.165, 1.54) is 0 Å². The van der Waals surface area contributed by atoms with E-state index in [-0.39, 0.29) is 5.91 Å². The maximum absolute atomic E-state index is 12.7. The van der Waals surface area contributed by atoms with Crippen molar-refractivity contribution in [3.8, 4) is 0 Å². The number of nitrogens with zero attached hydrogens (tertiary/aromatic N) is 3. The van der Waals surface area contributed by atoms with Gasteiger partial charge in [0.25, 0.3) is 5.91 Å². The molecule has 0 radical (unpaired) electrons. The summed E-state index contributed by atoms with van der Waals surface area (Å²) in [5.74, 6) is 0.774. The van der Waals surface area contributed by atoms with Crippen LogP contribution >= 0.6 is 11.6 Å². The number of benzene rings is 2. The van der Waals surface area contributed by atoms with Gasteiger partial charge in [0.2, 0.25) is 5.95 Å². The Bertz CT molecular complexity index is 1290. The number of aromatic nitrogens is 3. The van der Waals surface area contributed by atoms with Crippen LogP contribution in [0.15, 0.2) is 73.2 Å². The Morgan fingerprint density at radius 2 is 1.81 bits per heavy atom. The average Bonchev–Trinajstić information content (AvgIpc) is 2.82. The molecule has 5 rings (SSSR count). The van der Waals surface area contributed by atoms with Crippen molar-refractivity contribution in [3.05, 3.63) is 94.9 Å². The Labute approximate surface area is 189 Å². The molecule has 0 aliphatic carbocycles. The van der Waals surface area contributed by atoms with Crippen molar-refractivity contribution >= 4 is 46.3 Å². The van der Waals surface area contributed by atoms with Crippen LogP contribution < -0.4 is 16.0 Å². The molecule has 1 aliphatic rings. The van der Waals surface area contributed by atoms with Crippen molar-refractivity contribution in [1.82, 2.24) is 15.0 Å². The second-order valence-corrected chi connectivity index (χ2v) is 7.81. The van der Waals surface area contributed by atoms with E-state index in [4.69, 9.17) is 11.6 Å². The van der Waals surface area contributed by atoms with Crippen molar-refractivity contribution in [2.24, 2.45) is 0 Å². The predicted molar refractivity (Wildman–Crippen MR) is 126 cm³/mol. The second kappa shape index (κ2) is 8.64. The van der Waals surface area contributed by atoms with Gasteiger partial charge in [0.15, 0.2) is 5.82 Å². The SMILES string of the molecule is O=C(Nc1ccc2cc1CCc1cccc(c1)Nc1ncc(Cl)c(n1)N2)c1ccncc1. The number of pyridine rings is 1. The highest BCUT2D eigenvalue weighted by atomic mass is 35.5. The van der Waals surface area contributed by atoms with Crippen LogP contribution in [0.5, 0.6) is 0 Å². The molecule has 1 aliphatic heterocycles. The van der Waals surface area contributed by atoms with Gasteiger partial charge in [0.1, 0.15) is 5.02 Å². The fourth-order valence-electron chi connectivity index (χ4n) is 3.56. The fourth-order valence-corrected chi connectivity index (χ4v) is 3.70. The second-order valence-electron chi connectivity index (χ2n) is 7.40. The van der Waals surface area contributed by atoms with E-state index in [1.807, 2.05) is 30.3 Å². The molecule has 0 spiro atoms. The Hall–Kier alpha value is -3.97. The van der Waals surface area contributed by atoms with Crippen LogP contribution in [0.1, 0.15) is 21.5 Å². The topological polar surface area (TPSA) is 91.8 Å². The summed E-state index contributed by atoms with van der Waals surface area (Å²) in [6.45, 7) is 0. The molecule has 32 heavy (non-hydrogen) atoms. The summed E-state index contributed by atoms with van der Waals surface area (Å²) in [5.41, 5.74) is 5.19. The summed E-state index contributed by atoms with van der Waals surface area (Å²) in [6, 6.07) is 17.3. The number of nitrogens with one attached hydrogen (secondary N) is 3. The van der Waals surface area contributed by atoms with Gasteiger partial charge in [0.05, 0.1) is 6.20 Å². The van der Waals surface area contributed by atoms with Gasteiger partial charge in [-0.15, -0.1) is 0 Å². The lowest BCUT2D eigenvalue weighted by Crippen LogP contribution is -2.13. The third-order valence-electron chi connectivity index (χ3n) is 5.17. The number of carbonyl (C=O) groups excluding carboxylic acids is 1. The minimum absolute atomic E-state index is 0.179. The highest BCUT2D eigenvalue weighted by Gasteiger charge is 2.13. The highest BCUT2D eigenvalue weighted by molar-refractivity contribution is 6.32. The van der Waals surface area contributed by atoms with Crippen molar-refractivity contribution in [3.63, 3.8) is 0 Å². The molecule has 1 amide bonds. The van der Waals surface area contributed by atoms with E-state index in [0.29, 0.717) is 22.4 Å². The van der Waals surface area contributed by atoms with Gasteiger partial charge in [-0.3, -0.25) is 9.78 Å². The molecule has 7 nitrogen and oxygen atoms in total. The molecular weight excluding hydrogens is 424 g/mol. The molecule has 0 saturated carbocycles. The number of halogens is 1. The normalized spacial score (nSPS) is 12.3. The molecule has 0 unspecified atom stereocenters. The molecule has 0 atom stereocenters. The van der Waals surface area contributed by atoms with Crippen molar-refractivity contribution in [2.45, 2.75) is 12.8 Å². The number of hydrogen-bond acceptors (Lipinski definition) is 6. The van der Waals surface area contributed by atoms with Gasteiger partial charge in [-0.1, -0.05) is 23.7 Å². The first-order chi connectivity index (χ1) is 15.6. The smallest absolute Gasteiger partial charge is 0.255 e. The molecule has 0 fully saturated rings. The number of rotatable bonds is 2. The monoisotopic (exact) mass is 442 g/mol. The third kappa shape index (κ3) is 4.38. The highest BCUT2D eigenvalue weighted by Crippen LogP contribution is 2.29. The van der Waals surface area contributed by atoms with Crippen LogP contribution in [0.3, 0.4) is 0 Å². The van der Waals surface area contributed by atoms with Gasteiger partial charge in [-0.25, -0.2) is 4.98 Å². The van der Waals surface area contributed by atoms with Gasteiger partial charge < -0.3 is 16.0 Å². The molecule has 8 heteroatoms.